The predicted octanol–water partition coefficient (Wildman–Crippen LogP) is 5.33. The molecular weight excluding hydrogens is 463 g/mol. The summed E-state index contributed by atoms with van der Waals surface area (Å²) in [6.45, 7) is 3.70. The number of aromatic nitrogens is 1. The van der Waals surface area contributed by atoms with Crippen molar-refractivity contribution in [3.05, 3.63) is 110 Å². The van der Waals surface area contributed by atoms with Crippen molar-refractivity contribution in [1.29, 1.82) is 0 Å². The summed E-state index contributed by atoms with van der Waals surface area (Å²) in [7, 11) is -3.98. The highest BCUT2D eigenvalue weighted by atomic mass is 35.5. The van der Waals surface area contributed by atoms with Gasteiger partial charge in [0, 0.05) is 34.6 Å². The third kappa shape index (κ3) is 5.00. The van der Waals surface area contributed by atoms with Gasteiger partial charge in [0.05, 0.1) is 4.90 Å². The number of aryl methyl sites for hydroxylation is 2. The number of hydrogen-bond acceptors (Lipinski definition) is 3. The number of rotatable bonds is 6. The van der Waals surface area contributed by atoms with E-state index in [4.69, 9.17) is 11.6 Å². The monoisotopic (exact) mass is 484 g/mol. The topological polar surface area (TPSA) is 70.2 Å². The van der Waals surface area contributed by atoms with Crippen molar-refractivity contribution < 1.29 is 12.8 Å². The van der Waals surface area contributed by atoms with Gasteiger partial charge in [0.25, 0.3) is 5.56 Å². The Morgan fingerprint density at radius 1 is 0.939 bits per heavy atom. The van der Waals surface area contributed by atoms with Gasteiger partial charge >= 0.3 is 0 Å². The van der Waals surface area contributed by atoms with Gasteiger partial charge in [0.1, 0.15) is 5.82 Å². The highest BCUT2D eigenvalue weighted by Gasteiger charge is 2.26. The Morgan fingerprint density at radius 2 is 1.61 bits per heavy atom. The van der Waals surface area contributed by atoms with Crippen LogP contribution in [0.3, 0.4) is 0 Å². The molecule has 5 nitrogen and oxygen atoms in total. The molecule has 0 saturated heterocycles. The van der Waals surface area contributed by atoms with Crippen LogP contribution in [0.1, 0.15) is 22.3 Å². The Bertz CT molecular complexity index is 1480. The average molecular weight is 485 g/mol. The van der Waals surface area contributed by atoms with Gasteiger partial charge in [-0.25, -0.2) is 12.8 Å². The summed E-state index contributed by atoms with van der Waals surface area (Å²) in [4.78, 5) is 15.8. The molecule has 0 fully saturated rings. The van der Waals surface area contributed by atoms with Crippen LogP contribution in [0.15, 0.2) is 76.4 Å². The molecule has 0 spiro atoms. The summed E-state index contributed by atoms with van der Waals surface area (Å²) in [5, 5.41) is 1.26. The molecule has 0 radical (unpaired) electrons. The van der Waals surface area contributed by atoms with Gasteiger partial charge < -0.3 is 4.98 Å². The fourth-order valence-corrected chi connectivity index (χ4v) is 5.33. The summed E-state index contributed by atoms with van der Waals surface area (Å²) >= 11 is 5.93. The van der Waals surface area contributed by atoms with Crippen LogP contribution < -0.4 is 5.56 Å². The van der Waals surface area contributed by atoms with E-state index in [2.05, 4.69) is 4.98 Å². The molecule has 0 unspecified atom stereocenters. The van der Waals surface area contributed by atoms with Crippen LogP contribution in [-0.4, -0.2) is 17.7 Å². The minimum Gasteiger partial charge on any atom is -0.322 e. The van der Waals surface area contributed by atoms with Gasteiger partial charge in [-0.15, -0.1) is 0 Å². The van der Waals surface area contributed by atoms with Gasteiger partial charge in [0.15, 0.2) is 0 Å². The van der Waals surface area contributed by atoms with Crippen molar-refractivity contribution >= 4 is 32.5 Å². The van der Waals surface area contributed by atoms with Gasteiger partial charge in [-0.3, -0.25) is 4.79 Å². The lowest BCUT2D eigenvalue weighted by molar-refractivity contribution is 0.399. The molecule has 0 aliphatic heterocycles. The number of nitrogens with zero attached hydrogens (tertiary/aromatic N) is 1. The minimum absolute atomic E-state index is 0.0321. The molecule has 8 heteroatoms. The summed E-state index contributed by atoms with van der Waals surface area (Å²) in [6, 6.07) is 17.1. The first-order valence-electron chi connectivity index (χ1n) is 10.3. The molecule has 0 bridgehead atoms. The maximum absolute atomic E-state index is 13.5. The molecular formula is C25H22ClFN2O3S. The number of fused-ring (bicyclic) bond motifs is 1. The number of nitrogens with one attached hydrogen (secondary N) is 1. The van der Waals surface area contributed by atoms with E-state index >= 15 is 0 Å². The maximum atomic E-state index is 13.5. The first-order valence-corrected chi connectivity index (χ1v) is 12.1. The van der Waals surface area contributed by atoms with Crippen LogP contribution in [0.5, 0.6) is 0 Å². The average Bonchev–Trinajstić information content (AvgIpc) is 2.75. The normalized spacial score (nSPS) is 11.9. The zero-order valence-corrected chi connectivity index (χ0v) is 19.7. The maximum Gasteiger partial charge on any atom is 0.252 e. The van der Waals surface area contributed by atoms with Crippen LogP contribution in [-0.2, 0) is 23.1 Å². The third-order valence-corrected chi connectivity index (χ3v) is 7.52. The number of H-pyrrole nitrogens is 1. The minimum atomic E-state index is -3.98. The zero-order valence-electron chi connectivity index (χ0n) is 18.1. The lowest BCUT2D eigenvalue weighted by atomic mass is 10.0. The molecule has 0 aliphatic carbocycles. The summed E-state index contributed by atoms with van der Waals surface area (Å²) in [5.74, 6) is -0.414. The first kappa shape index (κ1) is 23.2. The second kappa shape index (κ2) is 9.09. The lowest BCUT2D eigenvalue weighted by Crippen LogP contribution is -2.32. The Labute approximate surface area is 196 Å². The molecule has 170 valence electrons. The standard InChI is InChI=1S/C25H22ClFN2O3S/c1-16-11-17(2)23-13-19(25(30)28-24(23)12-16)15-29(14-18-3-7-21(27)8-4-18)33(31,32)22-9-5-20(26)6-10-22/h3-13H,14-15H2,1-2H3,(H,28,30). The van der Waals surface area contributed by atoms with Crippen molar-refractivity contribution in [3.8, 4) is 0 Å². The second-order valence-corrected chi connectivity index (χ2v) is 10.4. The van der Waals surface area contributed by atoms with Crippen molar-refractivity contribution in [3.63, 3.8) is 0 Å². The van der Waals surface area contributed by atoms with Crippen molar-refractivity contribution in [2.75, 3.05) is 0 Å². The molecule has 3 aromatic carbocycles. The summed E-state index contributed by atoms with van der Waals surface area (Å²) < 4.78 is 41.6. The van der Waals surface area contributed by atoms with Crippen LogP contribution in [0.2, 0.25) is 5.02 Å². The predicted molar refractivity (Wildman–Crippen MR) is 128 cm³/mol. The molecule has 4 rings (SSSR count). The number of sulfonamides is 1. The Kier molecular flexibility index (Phi) is 6.38. The fraction of sp³-hybridized carbons (Fsp3) is 0.160. The molecule has 0 aliphatic rings. The summed E-state index contributed by atoms with van der Waals surface area (Å²) in [6.07, 6.45) is 0. The first-order chi connectivity index (χ1) is 15.6. The number of pyridine rings is 1. The lowest BCUT2D eigenvalue weighted by Gasteiger charge is -2.22. The summed E-state index contributed by atoms with van der Waals surface area (Å²) in [5.41, 5.74) is 3.25. The quantitative estimate of drug-likeness (QED) is 0.402. The van der Waals surface area contributed by atoms with Crippen molar-refractivity contribution in [2.45, 2.75) is 31.8 Å². The molecule has 1 heterocycles. The zero-order chi connectivity index (χ0) is 23.8. The van der Waals surface area contributed by atoms with Gasteiger partial charge in [0.2, 0.25) is 10.0 Å². The number of halogens is 2. The highest BCUT2D eigenvalue weighted by Crippen LogP contribution is 2.24. The molecule has 1 N–H and O–H groups in total. The Hall–Kier alpha value is -3.00. The Balaban J connectivity index is 1.79. The number of benzene rings is 3. The van der Waals surface area contributed by atoms with Gasteiger partial charge in [-0.2, -0.15) is 4.31 Å². The van der Waals surface area contributed by atoms with Gasteiger partial charge in [-0.1, -0.05) is 29.8 Å². The van der Waals surface area contributed by atoms with E-state index in [1.165, 1.54) is 52.8 Å². The molecule has 0 amide bonds. The van der Waals surface area contributed by atoms with E-state index in [1.807, 2.05) is 26.0 Å². The highest BCUT2D eigenvalue weighted by molar-refractivity contribution is 7.89. The van der Waals surface area contributed by atoms with Crippen molar-refractivity contribution in [2.24, 2.45) is 0 Å². The van der Waals surface area contributed by atoms with E-state index in [0.717, 1.165) is 16.5 Å². The Morgan fingerprint density at radius 3 is 2.27 bits per heavy atom. The number of aromatic amines is 1. The SMILES string of the molecule is Cc1cc(C)c2cc(CN(Cc3ccc(F)cc3)S(=O)(=O)c3ccc(Cl)cc3)c(=O)[nH]c2c1. The van der Waals surface area contributed by atoms with E-state index in [0.29, 0.717) is 21.7 Å². The van der Waals surface area contributed by atoms with E-state index < -0.39 is 15.8 Å². The largest absolute Gasteiger partial charge is 0.322 e. The number of hydrogen-bond donors (Lipinski definition) is 1. The van der Waals surface area contributed by atoms with Crippen LogP contribution in [0.25, 0.3) is 10.9 Å². The fourth-order valence-electron chi connectivity index (χ4n) is 3.80. The third-order valence-electron chi connectivity index (χ3n) is 5.46. The van der Waals surface area contributed by atoms with Crippen LogP contribution in [0.4, 0.5) is 4.39 Å². The smallest absolute Gasteiger partial charge is 0.252 e. The molecule has 0 atom stereocenters. The van der Waals surface area contributed by atoms with E-state index in [-0.39, 0.29) is 23.5 Å². The van der Waals surface area contributed by atoms with E-state index in [1.54, 1.807) is 6.07 Å². The van der Waals surface area contributed by atoms with E-state index in [9.17, 15) is 17.6 Å². The second-order valence-electron chi connectivity index (χ2n) is 8.02. The van der Waals surface area contributed by atoms with Crippen LogP contribution >= 0.6 is 11.6 Å². The molecule has 1 aromatic heterocycles. The van der Waals surface area contributed by atoms with Crippen molar-refractivity contribution in [1.82, 2.24) is 9.29 Å². The molecule has 4 aromatic rings. The van der Waals surface area contributed by atoms with Crippen LogP contribution in [0, 0.1) is 19.7 Å². The van der Waals surface area contributed by atoms with Gasteiger partial charge in [-0.05, 0) is 79.1 Å². The molecule has 33 heavy (non-hydrogen) atoms. The molecule has 0 saturated carbocycles.